The van der Waals surface area contributed by atoms with Gasteiger partial charge in [0.2, 0.25) is 11.8 Å². The number of alkyl halides is 4. The number of aliphatic carboxylic acids is 1. The largest absolute Gasteiger partial charge is 0.480 e. The van der Waals surface area contributed by atoms with Crippen molar-refractivity contribution in [1.82, 2.24) is 19.8 Å². The van der Waals surface area contributed by atoms with E-state index in [1.165, 1.54) is 12.1 Å². The van der Waals surface area contributed by atoms with Crippen molar-refractivity contribution < 1.29 is 45.8 Å². The molecule has 4 aromatic carbocycles. The van der Waals surface area contributed by atoms with Crippen LogP contribution in [0.4, 0.5) is 17.6 Å². The minimum Gasteiger partial charge on any atom is -0.480 e. The van der Waals surface area contributed by atoms with Gasteiger partial charge in [-0.3, -0.25) is 14.6 Å². The molecule has 1 N–H and O–H groups in total. The van der Waals surface area contributed by atoms with E-state index < -0.39 is 25.2 Å². The van der Waals surface area contributed by atoms with Crippen molar-refractivity contribution in [3.8, 4) is 45.5 Å². The Balaban J connectivity index is 1.12. The van der Waals surface area contributed by atoms with Crippen molar-refractivity contribution in [1.29, 1.82) is 0 Å². The zero-order valence-electron chi connectivity index (χ0n) is 30.3. The Kier molecular flexibility index (Phi) is 9.72. The number of nitrogens with zero attached hydrogens (tertiary/aromatic N) is 4. The Bertz CT molecular complexity index is 2410. The van der Waals surface area contributed by atoms with Crippen molar-refractivity contribution in [3.05, 3.63) is 82.9 Å². The van der Waals surface area contributed by atoms with E-state index in [9.17, 15) is 27.5 Å². The fourth-order valence-electron chi connectivity index (χ4n) is 7.92. The van der Waals surface area contributed by atoms with Crippen molar-refractivity contribution >= 4 is 28.2 Å². The summed E-state index contributed by atoms with van der Waals surface area (Å²) in [5, 5.41) is 9.65. The van der Waals surface area contributed by atoms with Gasteiger partial charge in [-0.25, -0.2) is 9.97 Å². The van der Waals surface area contributed by atoms with Gasteiger partial charge in [0.1, 0.15) is 28.6 Å². The maximum Gasteiger partial charge on any atom is 0.387 e. The van der Waals surface area contributed by atoms with E-state index in [1.807, 2.05) is 50.2 Å². The minimum atomic E-state index is -3.09. The second-order valence-electron chi connectivity index (χ2n) is 14.4. The highest BCUT2D eigenvalue weighted by Crippen LogP contribution is 2.40. The van der Waals surface area contributed by atoms with Crippen molar-refractivity contribution in [2.75, 3.05) is 19.6 Å². The van der Waals surface area contributed by atoms with Crippen LogP contribution in [0.1, 0.15) is 42.0 Å². The van der Waals surface area contributed by atoms with Crippen LogP contribution in [0.3, 0.4) is 0 Å². The van der Waals surface area contributed by atoms with Gasteiger partial charge in [0, 0.05) is 60.6 Å². The molecule has 0 amide bonds. The van der Waals surface area contributed by atoms with Gasteiger partial charge in [-0.15, -0.1) is 0 Å². The van der Waals surface area contributed by atoms with Crippen LogP contribution in [0.2, 0.25) is 0 Å². The molecule has 0 unspecified atom stereocenters. The number of likely N-dealkylation sites (tertiary alicyclic amines) is 2. The number of aromatic nitrogens is 2. The second-order valence-corrected chi connectivity index (χ2v) is 14.4. The molecule has 1 atom stereocenters. The number of carboxylic acid groups (broad SMARTS) is 1. The van der Waals surface area contributed by atoms with Crippen LogP contribution in [0.5, 0.6) is 11.5 Å². The summed E-state index contributed by atoms with van der Waals surface area (Å²) < 4.78 is 75.8. The molecule has 6 aromatic rings. The number of fused-ring (bicyclic) bond motifs is 2. The summed E-state index contributed by atoms with van der Waals surface area (Å²) in [5.74, 6) is 0.168. The van der Waals surface area contributed by atoms with E-state index in [0.29, 0.717) is 71.0 Å². The molecular formula is C41H38F4N4O6. The van der Waals surface area contributed by atoms with E-state index in [-0.39, 0.29) is 29.5 Å². The average molecular weight is 759 g/mol. The Morgan fingerprint density at radius 2 is 1.29 bits per heavy atom. The van der Waals surface area contributed by atoms with Crippen molar-refractivity contribution in [2.24, 2.45) is 5.92 Å². The van der Waals surface area contributed by atoms with Gasteiger partial charge >= 0.3 is 19.2 Å². The predicted octanol–water partition coefficient (Wildman–Crippen LogP) is 9.29. The van der Waals surface area contributed by atoms with Crippen molar-refractivity contribution in [2.45, 2.75) is 66.0 Å². The lowest BCUT2D eigenvalue weighted by Gasteiger charge is -2.37. The summed E-state index contributed by atoms with van der Waals surface area (Å²) in [6.45, 7) is 2.80. The third-order valence-electron chi connectivity index (χ3n) is 10.5. The zero-order valence-corrected chi connectivity index (χ0v) is 30.3. The highest BCUT2D eigenvalue weighted by atomic mass is 19.3. The number of carboxylic acids is 1. The van der Waals surface area contributed by atoms with Gasteiger partial charge in [0.25, 0.3) is 0 Å². The monoisotopic (exact) mass is 758 g/mol. The van der Waals surface area contributed by atoms with E-state index in [0.717, 1.165) is 40.9 Å². The zero-order chi connectivity index (χ0) is 38.5. The first kappa shape index (κ1) is 36.5. The maximum absolute atomic E-state index is 13.5. The fourth-order valence-corrected chi connectivity index (χ4v) is 7.92. The quantitative estimate of drug-likeness (QED) is 0.121. The summed E-state index contributed by atoms with van der Waals surface area (Å²) in [6, 6.07) is 17.0. The van der Waals surface area contributed by atoms with Crippen LogP contribution in [0.15, 0.2) is 69.5 Å². The summed E-state index contributed by atoms with van der Waals surface area (Å²) in [5.41, 5.74) is 7.41. The molecule has 8 rings (SSSR count). The number of hydrogen-bond donors (Lipinski definition) is 1. The van der Waals surface area contributed by atoms with E-state index in [2.05, 4.69) is 11.8 Å². The molecule has 0 radical (unpaired) electrons. The molecule has 0 saturated carbocycles. The molecule has 2 aromatic heterocycles. The van der Waals surface area contributed by atoms with Crippen LogP contribution in [-0.2, 0) is 17.9 Å². The topological polar surface area (TPSA) is 114 Å². The van der Waals surface area contributed by atoms with Gasteiger partial charge < -0.3 is 23.4 Å². The van der Waals surface area contributed by atoms with E-state index in [4.69, 9.17) is 28.3 Å². The molecule has 14 heteroatoms. The fraction of sp³-hybridized carbons (Fsp3) is 0.341. The predicted molar refractivity (Wildman–Crippen MR) is 196 cm³/mol. The van der Waals surface area contributed by atoms with E-state index >= 15 is 0 Å². The van der Waals surface area contributed by atoms with Crippen LogP contribution in [0.25, 0.3) is 56.2 Å². The normalized spacial score (nSPS) is 16.9. The standard InChI is InChI=1S/C41H38F4N4O6/c1-21-17-48(18-21)19-24-13-30-35(15-33(24)54-40(42)43)52-37(46-30)28-9-4-7-26(22(28)2)27-8-5-10-29(23(27)3)38-47-31-14-25(20-49-12-6-11-32(49)39(50)51)34(55-41(44)45)16-36(31)53-38/h4-5,7-10,13-16,21,32,40-41H,6,11-12,17-20H2,1-3H3,(H,50,51)/t32-/m0/s1. The first-order valence-corrected chi connectivity index (χ1v) is 18.1. The highest BCUT2D eigenvalue weighted by molar-refractivity contribution is 5.85. The van der Waals surface area contributed by atoms with E-state index in [1.54, 1.807) is 17.0 Å². The molecule has 2 aliphatic heterocycles. The molecule has 0 aliphatic carbocycles. The Morgan fingerprint density at radius 1 is 0.800 bits per heavy atom. The highest BCUT2D eigenvalue weighted by Gasteiger charge is 2.32. The number of rotatable bonds is 12. The van der Waals surface area contributed by atoms with Gasteiger partial charge in [-0.2, -0.15) is 17.6 Å². The number of carbonyl (C=O) groups is 1. The summed E-state index contributed by atoms with van der Waals surface area (Å²) in [6.07, 6.45) is 1.16. The van der Waals surface area contributed by atoms with Crippen LogP contribution < -0.4 is 9.47 Å². The van der Waals surface area contributed by atoms with Crippen LogP contribution in [0, 0.1) is 19.8 Å². The third kappa shape index (κ3) is 7.23. The number of oxazole rings is 2. The first-order chi connectivity index (χ1) is 26.4. The Hall–Kier alpha value is -5.47. The molecule has 2 fully saturated rings. The molecule has 0 spiro atoms. The Labute approximate surface area is 313 Å². The molecule has 0 bridgehead atoms. The molecule has 2 aliphatic rings. The van der Waals surface area contributed by atoms with Crippen molar-refractivity contribution in [3.63, 3.8) is 0 Å². The molecule has 4 heterocycles. The SMILES string of the molecule is Cc1c(-c2nc3cc(CN4CC(C)C4)c(OC(F)F)cc3o2)cccc1-c1cccc(-c2nc3cc(CN4CCC[C@H]4C(=O)O)c(OC(F)F)cc3o2)c1C. The van der Waals surface area contributed by atoms with Gasteiger partial charge in [-0.1, -0.05) is 31.2 Å². The van der Waals surface area contributed by atoms with Gasteiger partial charge in [0.15, 0.2) is 11.2 Å². The molecule has 2 saturated heterocycles. The second kappa shape index (κ2) is 14.6. The van der Waals surface area contributed by atoms with Gasteiger partial charge in [-0.05, 0) is 85.7 Å². The van der Waals surface area contributed by atoms with Gasteiger partial charge in [0.05, 0.1) is 0 Å². The first-order valence-electron chi connectivity index (χ1n) is 18.1. The molecule has 286 valence electrons. The minimum absolute atomic E-state index is 0.0641. The third-order valence-corrected chi connectivity index (χ3v) is 10.5. The number of ether oxygens (including phenoxy) is 2. The summed E-state index contributed by atoms with van der Waals surface area (Å²) in [4.78, 5) is 25.2. The lowest BCUT2D eigenvalue weighted by Crippen LogP contribution is -2.44. The molecule has 10 nitrogen and oxygen atoms in total. The Morgan fingerprint density at radius 3 is 1.76 bits per heavy atom. The smallest absolute Gasteiger partial charge is 0.387 e. The lowest BCUT2D eigenvalue weighted by atomic mass is 9.91. The summed E-state index contributed by atoms with van der Waals surface area (Å²) >= 11 is 0. The number of benzene rings is 4. The number of halogens is 4. The maximum atomic E-state index is 13.5. The number of hydrogen-bond acceptors (Lipinski definition) is 9. The van der Waals surface area contributed by atoms with Crippen LogP contribution >= 0.6 is 0 Å². The lowest BCUT2D eigenvalue weighted by molar-refractivity contribution is -0.142. The molecular weight excluding hydrogens is 720 g/mol. The summed E-state index contributed by atoms with van der Waals surface area (Å²) in [7, 11) is 0. The molecule has 55 heavy (non-hydrogen) atoms. The average Bonchev–Trinajstić information content (AvgIpc) is 3.86. The van der Waals surface area contributed by atoms with Crippen LogP contribution in [-0.4, -0.2) is 69.7 Å².